The number of nitrogens with zero attached hydrogens (tertiary/aromatic N) is 2. The number of benzene rings is 1. The van der Waals surface area contributed by atoms with Gasteiger partial charge in [-0.3, -0.25) is 4.79 Å². The number of carbonyl (C=O) groups is 1. The minimum absolute atomic E-state index is 0.00816. The van der Waals surface area contributed by atoms with Crippen molar-refractivity contribution in [2.24, 2.45) is 15.4 Å². The van der Waals surface area contributed by atoms with Crippen LogP contribution in [0.4, 0.5) is 0 Å². The summed E-state index contributed by atoms with van der Waals surface area (Å²) in [6, 6.07) is 12.6. The van der Waals surface area contributed by atoms with Crippen LogP contribution >= 0.6 is 0 Å². The molecular weight excluding hydrogens is 236 g/mol. The third-order valence-corrected chi connectivity index (χ3v) is 3.01. The fourth-order valence-electron chi connectivity index (χ4n) is 2.19. The first-order valence-electron chi connectivity index (χ1n) is 6.45. The molecule has 0 radical (unpaired) electrons. The van der Waals surface area contributed by atoms with E-state index in [4.69, 9.17) is 0 Å². The van der Waals surface area contributed by atoms with Crippen LogP contribution in [0.3, 0.4) is 0 Å². The molecule has 1 aliphatic rings. The number of ketones is 1. The molecular formula is C16H18N2O. The zero-order valence-corrected chi connectivity index (χ0v) is 11.4. The van der Waals surface area contributed by atoms with Gasteiger partial charge in [0.05, 0.1) is 18.3 Å². The van der Waals surface area contributed by atoms with E-state index in [1.807, 2.05) is 30.3 Å². The molecule has 1 aliphatic carbocycles. The second kappa shape index (κ2) is 5.77. The van der Waals surface area contributed by atoms with Crippen molar-refractivity contribution in [1.29, 1.82) is 0 Å². The molecule has 3 nitrogen and oxygen atoms in total. The molecule has 0 saturated carbocycles. The summed E-state index contributed by atoms with van der Waals surface area (Å²) >= 11 is 0. The molecule has 1 aromatic rings. The number of aliphatic imine (C=N–C) groups is 2. The molecule has 0 heterocycles. The summed E-state index contributed by atoms with van der Waals surface area (Å²) in [6.45, 7) is 4.72. The molecule has 0 amide bonds. The number of hydrogen-bond acceptors (Lipinski definition) is 3. The Hall–Kier alpha value is -1.99. The lowest BCUT2D eigenvalue weighted by Crippen LogP contribution is -2.21. The highest BCUT2D eigenvalue weighted by Crippen LogP contribution is 2.33. The molecule has 19 heavy (non-hydrogen) atoms. The minimum atomic E-state index is -0.00816. The van der Waals surface area contributed by atoms with E-state index in [1.54, 1.807) is 6.08 Å². The number of rotatable bonds is 3. The fourth-order valence-corrected chi connectivity index (χ4v) is 2.19. The number of hydrogen-bond donors (Lipinski definition) is 0. The Kier molecular flexibility index (Phi) is 4.08. The summed E-state index contributed by atoms with van der Waals surface area (Å²) in [5.41, 5.74) is 1.89. The average Bonchev–Trinajstić information content (AvgIpc) is 2.33. The van der Waals surface area contributed by atoms with Crippen molar-refractivity contribution in [3.8, 4) is 0 Å². The van der Waals surface area contributed by atoms with Crippen molar-refractivity contribution < 1.29 is 4.79 Å². The lowest BCUT2D eigenvalue weighted by molar-refractivity contribution is -0.117. The average molecular weight is 254 g/mol. The van der Waals surface area contributed by atoms with Gasteiger partial charge in [0.2, 0.25) is 0 Å². The maximum atomic E-state index is 11.5. The highest BCUT2D eigenvalue weighted by Gasteiger charge is 2.27. The summed E-state index contributed by atoms with van der Waals surface area (Å²) in [4.78, 5) is 19.9. The van der Waals surface area contributed by atoms with Gasteiger partial charge in [-0.05, 0) is 17.4 Å². The van der Waals surface area contributed by atoms with Crippen LogP contribution in [-0.4, -0.2) is 11.8 Å². The molecule has 0 bridgehead atoms. The van der Waals surface area contributed by atoms with E-state index < -0.39 is 0 Å². The zero-order chi connectivity index (χ0) is 13.7. The Morgan fingerprint density at radius 1 is 1.21 bits per heavy atom. The third-order valence-electron chi connectivity index (χ3n) is 3.01. The van der Waals surface area contributed by atoms with Crippen molar-refractivity contribution in [3.05, 3.63) is 47.7 Å². The second-order valence-corrected chi connectivity index (χ2v) is 5.63. The molecule has 0 unspecified atom stereocenters. The Balaban J connectivity index is 2.01. The van der Waals surface area contributed by atoms with Crippen molar-refractivity contribution >= 4 is 11.8 Å². The molecule has 2 rings (SSSR count). The van der Waals surface area contributed by atoms with Gasteiger partial charge in [0.1, 0.15) is 0 Å². The molecule has 0 N–H and O–H groups in total. The highest BCUT2D eigenvalue weighted by molar-refractivity contribution is 5.91. The molecule has 98 valence electrons. The van der Waals surface area contributed by atoms with Gasteiger partial charge in [-0.1, -0.05) is 44.2 Å². The predicted octanol–water partition coefficient (Wildman–Crippen LogP) is 3.63. The summed E-state index contributed by atoms with van der Waals surface area (Å²) in [7, 11) is 0. The van der Waals surface area contributed by atoms with Crippen molar-refractivity contribution in [2.75, 3.05) is 0 Å². The first-order valence-corrected chi connectivity index (χ1v) is 6.45. The molecule has 0 spiro atoms. The molecule has 0 aromatic heterocycles. The molecule has 0 fully saturated rings. The summed E-state index contributed by atoms with van der Waals surface area (Å²) < 4.78 is 0. The van der Waals surface area contributed by atoms with E-state index >= 15 is 0 Å². The quantitative estimate of drug-likeness (QED) is 0.759. The summed E-state index contributed by atoms with van der Waals surface area (Å²) in [5.74, 6) is 0.139. The van der Waals surface area contributed by atoms with Gasteiger partial charge in [0.25, 0.3) is 0 Å². The first kappa shape index (κ1) is 13.4. The van der Waals surface area contributed by atoms with E-state index in [0.29, 0.717) is 13.0 Å². The summed E-state index contributed by atoms with van der Waals surface area (Å²) in [6.07, 6.45) is 3.00. The van der Waals surface area contributed by atoms with E-state index in [2.05, 4.69) is 29.8 Å². The Morgan fingerprint density at radius 3 is 2.63 bits per heavy atom. The number of carbonyl (C=O) groups excluding carboxylic acids is 1. The van der Waals surface area contributed by atoms with Crippen LogP contribution in [0, 0.1) is 5.41 Å². The maximum absolute atomic E-state index is 11.5. The second-order valence-electron chi connectivity index (χ2n) is 5.63. The zero-order valence-electron chi connectivity index (χ0n) is 11.4. The van der Waals surface area contributed by atoms with Gasteiger partial charge in [-0.15, -0.1) is 0 Å². The van der Waals surface area contributed by atoms with Crippen molar-refractivity contribution in [2.45, 2.75) is 33.2 Å². The van der Waals surface area contributed by atoms with E-state index in [1.165, 1.54) is 0 Å². The van der Waals surface area contributed by atoms with Crippen LogP contribution in [0.5, 0.6) is 0 Å². The lowest BCUT2D eigenvalue weighted by atomic mass is 9.79. The van der Waals surface area contributed by atoms with Gasteiger partial charge in [0, 0.05) is 12.5 Å². The van der Waals surface area contributed by atoms with Crippen LogP contribution in [0.1, 0.15) is 32.3 Å². The molecule has 0 atom stereocenters. The van der Waals surface area contributed by atoms with Crippen LogP contribution < -0.4 is 0 Å². The minimum Gasteiger partial charge on any atom is -0.295 e. The molecule has 3 heteroatoms. The van der Waals surface area contributed by atoms with Crippen LogP contribution in [0.2, 0.25) is 0 Å². The van der Waals surface area contributed by atoms with Gasteiger partial charge in [0.15, 0.2) is 5.78 Å². The van der Waals surface area contributed by atoms with E-state index in [9.17, 15) is 4.79 Å². The first-order chi connectivity index (χ1) is 9.05. The Bertz CT molecular complexity index is 549. The summed E-state index contributed by atoms with van der Waals surface area (Å²) in [5, 5.41) is 0. The third kappa shape index (κ3) is 4.31. The van der Waals surface area contributed by atoms with Gasteiger partial charge < -0.3 is 0 Å². The normalized spacial score (nSPS) is 17.4. The van der Waals surface area contributed by atoms with Crippen molar-refractivity contribution in [1.82, 2.24) is 0 Å². The molecule has 0 saturated heterocycles. The largest absolute Gasteiger partial charge is 0.295 e. The van der Waals surface area contributed by atoms with Gasteiger partial charge in [-0.25, -0.2) is 4.99 Å². The highest BCUT2D eigenvalue weighted by atomic mass is 16.1. The van der Waals surface area contributed by atoms with Crippen LogP contribution in [0.15, 0.2) is 52.1 Å². The van der Waals surface area contributed by atoms with Gasteiger partial charge >= 0.3 is 0 Å². The Morgan fingerprint density at radius 2 is 1.95 bits per heavy atom. The van der Waals surface area contributed by atoms with Crippen LogP contribution in [0.25, 0.3) is 0 Å². The maximum Gasteiger partial charge on any atom is 0.158 e. The fraction of sp³-hybridized carbons (Fsp3) is 0.375. The SMILES string of the molecule is CC1(C)CC(=O)C=C(N=C=NCc2ccccc2)C1. The van der Waals surface area contributed by atoms with Crippen molar-refractivity contribution in [3.63, 3.8) is 0 Å². The molecule has 0 aliphatic heterocycles. The van der Waals surface area contributed by atoms with Gasteiger partial charge in [-0.2, -0.15) is 4.99 Å². The van der Waals surface area contributed by atoms with E-state index in [0.717, 1.165) is 17.7 Å². The smallest absolute Gasteiger partial charge is 0.158 e. The van der Waals surface area contributed by atoms with Crippen LogP contribution in [-0.2, 0) is 11.3 Å². The monoisotopic (exact) mass is 254 g/mol. The predicted molar refractivity (Wildman–Crippen MR) is 76.1 cm³/mol. The topological polar surface area (TPSA) is 41.8 Å². The Labute approximate surface area is 113 Å². The number of allylic oxidation sites excluding steroid dienone is 2. The van der Waals surface area contributed by atoms with E-state index in [-0.39, 0.29) is 11.2 Å². The molecule has 1 aromatic carbocycles. The standard InChI is InChI=1S/C16H18N2O/c1-16(2)9-14(8-15(19)10-16)18-12-17-11-13-6-4-3-5-7-13/h3-8H,9-11H2,1-2H3. The lowest BCUT2D eigenvalue weighted by Gasteiger charge is -2.26.